The number of rotatable bonds is 3. The predicted octanol–water partition coefficient (Wildman–Crippen LogP) is 0.376. The van der Waals surface area contributed by atoms with Crippen LogP contribution in [0.4, 0.5) is 0 Å². The van der Waals surface area contributed by atoms with E-state index in [0.29, 0.717) is 12.8 Å². The number of carbonyl (C=O) groups is 1. The molecular weight excluding hydrogens is 180 g/mol. The summed E-state index contributed by atoms with van der Waals surface area (Å²) in [6.45, 7) is 0. The molecule has 0 bridgehead atoms. The smallest absolute Gasteiger partial charge is 0.217 e. The van der Waals surface area contributed by atoms with Gasteiger partial charge in [-0.2, -0.15) is 0 Å². The third kappa shape index (κ3) is 1.56. The summed E-state index contributed by atoms with van der Waals surface area (Å²) in [7, 11) is 0. The number of aryl methyl sites for hydroxylation is 1. The van der Waals surface area contributed by atoms with Crippen LogP contribution in [0, 0.1) is 0 Å². The molecule has 72 valence electrons. The van der Waals surface area contributed by atoms with E-state index in [1.165, 1.54) is 0 Å². The zero-order chi connectivity index (χ0) is 9.97. The SMILES string of the molecule is NC(=O)CCc1c[nH]c2nccnc12. The van der Waals surface area contributed by atoms with Crippen LogP contribution in [0.1, 0.15) is 12.0 Å². The van der Waals surface area contributed by atoms with Crippen molar-refractivity contribution in [2.45, 2.75) is 12.8 Å². The molecule has 0 unspecified atom stereocenters. The van der Waals surface area contributed by atoms with Crippen LogP contribution in [-0.4, -0.2) is 20.9 Å². The van der Waals surface area contributed by atoms with Gasteiger partial charge in [0.25, 0.3) is 0 Å². The highest BCUT2D eigenvalue weighted by Crippen LogP contribution is 2.13. The van der Waals surface area contributed by atoms with E-state index in [1.807, 2.05) is 6.20 Å². The molecule has 5 nitrogen and oxygen atoms in total. The second-order valence-electron chi connectivity index (χ2n) is 3.03. The standard InChI is InChI=1S/C9H10N4O/c10-7(14)2-1-6-5-13-9-8(6)11-3-4-12-9/h3-5H,1-2H2,(H2,10,14)(H,12,13). The van der Waals surface area contributed by atoms with Gasteiger partial charge in [0.05, 0.1) is 0 Å². The van der Waals surface area contributed by atoms with E-state index in [9.17, 15) is 4.79 Å². The van der Waals surface area contributed by atoms with Gasteiger partial charge in [-0.25, -0.2) is 4.98 Å². The zero-order valence-electron chi connectivity index (χ0n) is 7.53. The summed E-state index contributed by atoms with van der Waals surface area (Å²) in [6.07, 6.45) is 6.01. The van der Waals surface area contributed by atoms with Gasteiger partial charge in [-0.3, -0.25) is 9.78 Å². The number of primary amides is 1. The first-order chi connectivity index (χ1) is 6.77. The van der Waals surface area contributed by atoms with Gasteiger partial charge in [0.15, 0.2) is 5.65 Å². The molecule has 1 amide bonds. The van der Waals surface area contributed by atoms with Gasteiger partial charge in [0.2, 0.25) is 5.91 Å². The Morgan fingerprint density at radius 1 is 1.43 bits per heavy atom. The Morgan fingerprint density at radius 3 is 3.00 bits per heavy atom. The number of aromatic amines is 1. The highest BCUT2D eigenvalue weighted by Gasteiger charge is 2.05. The topological polar surface area (TPSA) is 84.7 Å². The highest BCUT2D eigenvalue weighted by molar-refractivity contribution is 5.77. The normalized spacial score (nSPS) is 10.6. The van der Waals surface area contributed by atoms with Crippen molar-refractivity contribution in [1.29, 1.82) is 0 Å². The van der Waals surface area contributed by atoms with Crippen LogP contribution in [0.3, 0.4) is 0 Å². The lowest BCUT2D eigenvalue weighted by Crippen LogP contribution is -2.11. The van der Waals surface area contributed by atoms with Gasteiger partial charge < -0.3 is 10.7 Å². The Bertz CT molecular complexity index is 463. The van der Waals surface area contributed by atoms with Crippen molar-refractivity contribution >= 4 is 17.1 Å². The number of amides is 1. The van der Waals surface area contributed by atoms with Crippen LogP contribution in [-0.2, 0) is 11.2 Å². The fourth-order valence-corrected chi connectivity index (χ4v) is 1.35. The van der Waals surface area contributed by atoms with Crippen molar-refractivity contribution in [3.8, 4) is 0 Å². The van der Waals surface area contributed by atoms with Crippen LogP contribution in [0.25, 0.3) is 11.2 Å². The monoisotopic (exact) mass is 190 g/mol. The van der Waals surface area contributed by atoms with Crippen LogP contribution in [0.2, 0.25) is 0 Å². The zero-order valence-corrected chi connectivity index (χ0v) is 7.53. The third-order valence-electron chi connectivity index (χ3n) is 2.03. The number of nitrogens with one attached hydrogen (secondary N) is 1. The van der Waals surface area contributed by atoms with Crippen molar-refractivity contribution in [2.75, 3.05) is 0 Å². The van der Waals surface area contributed by atoms with Crippen LogP contribution in [0.15, 0.2) is 18.6 Å². The van der Waals surface area contributed by atoms with Gasteiger partial charge in [0, 0.05) is 25.0 Å². The molecule has 14 heavy (non-hydrogen) atoms. The molecule has 0 aliphatic rings. The maximum absolute atomic E-state index is 10.6. The molecular formula is C9H10N4O. The number of H-pyrrole nitrogens is 1. The number of nitrogens with zero attached hydrogens (tertiary/aromatic N) is 2. The molecule has 2 aromatic rings. The predicted molar refractivity (Wildman–Crippen MR) is 51.4 cm³/mol. The maximum atomic E-state index is 10.6. The van der Waals surface area contributed by atoms with Crippen LogP contribution in [0.5, 0.6) is 0 Å². The number of hydrogen-bond acceptors (Lipinski definition) is 3. The first-order valence-electron chi connectivity index (χ1n) is 4.32. The molecule has 2 heterocycles. The molecule has 0 aliphatic carbocycles. The van der Waals surface area contributed by atoms with Gasteiger partial charge in [-0.15, -0.1) is 0 Å². The average molecular weight is 190 g/mol. The Labute approximate surface area is 80.4 Å². The molecule has 2 rings (SSSR count). The largest absolute Gasteiger partial charge is 0.370 e. The quantitative estimate of drug-likeness (QED) is 0.733. The van der Waals surface area contributed by atoms with Gasteiger partial charge in [-0.1, -0.05) is 0 Å². The van der Waals surface area contributed by atoms with E-state index < -0.39 is 0 Å². The Balaban J connectivity index is 2.29. The molecule has 3 N–H and O–H groups in total. The van der Waals surface area contributed by atoms with E-state index >= 15 is 0 Å². The molecule has 0 spiro atoms. The van der Waals surface area contributed by atoms with Crippen LogP contribution < -0.4 is 5.73 Å². The van der Waals surface area contributed by atoms with Gasteiger partial charge in [0.1, 0.15) is 5.52 Å². The van der Waals surface area contributed by atoms with E-state index in [-0.39, 0.29) is 5.91 Å². The van der Waals surface area contributed by atoms with Crippen molar-refractivity contribution in [1.82, 2.24) is 15.0 Å². The fraction of sp³-hybridized carbons (Fsp3) is 0.222. The number of fused-ring (bicyclic) bond motifs is 1. The number of carbonyl (C=O) groups excluding carboxylic acids is 1. The van der Waals surface area contributed by atoms with Crippen molar-refractivity contribution in [2.24, 2.45) is 5.73 Å². The lowest BCUT2D eigenvalue weighted by Gasteiger charge is -1.94. The number of nitrogens with two attached hydrogens (primary N) is 1. The average Bonchev–Trinajstić information content (AvgIpc) is 2.58. The van der Waals surface area contributed by atoms with Crippen molar-refractivity contribution in [3.05, 3.63) is 24.2 Å². The number of aromatic nitrogens is 3. The summed E-state index contributed by atoms with van der Waals surface area (Å²) in [5, 5.41) is 0. The van der Waals surface area contributed by atoms with E-state index in [0.717, 1.165) is 16.7 Å². The maximum Gasteiger partial charge on any atom is 0.217 e. The van der Waals surface area contributed by atoms with Crippen LogP contribution >= 0.6 is 0 Å². The summed E-state index contributed by atoms with van der Waals surface area (Å²) in [5.41, 5.74) is 7.60. The lowest BCUT2D eigenvalue weighted by atomic mass is 10.1. The van der Waals surface area contributed by atoms with E-state index in [2.05, 4.69) is 15.0 Å². The molecule has 2 aromatic heterocycles. The summed E-state index contributed by atoms with van der Waals surface area (Å²) in [4.78, 5) is 21.9. The molecule has 0 radical (unpaired) electrons. The third-order valence-corrected chi connectivity index (χ3v) is 2.03. The Kier molecular flexibility index (Phi) is 2.14. The second-order valence-corrected chi connectivity index (χ2v) is 3.03. The summed E-state index contributed by atoms with van der Waals surface area (Å²) in [6, 6.07) is 0. The highest BCUT2D eigenvalue weighted by atomic mass is 16.1. The second kappa shape index (κ2) is 3.45. The van der Waals surface area contributed by atoms with E-state index in [4.69, 9.17) is 5.73 Å². The minimum absolute atomic E-state index is 0.303. The molecule has 0 fully saturated rings. The van der Waals surface area contributed by atoms with Gasteiger partial charge >= 0.3 is 0 Å². The summed E-state index contributed by atoms with van der Waals surface area (Å²) in [5.74, 6) is -0.303. The van der Waals surface area contributed by atoms with Crippen molar-refractivity contribution in [3.63, 3.8) is 0 Å². The van der Waals surface area contributed by atoms with Crippen molar-refractivity contribution < 1.29 is 4.79 Å². The minimum atomic E-state index is -0.303. The van der Waals surface area contributed by atoms with E-state index in [1.54, 1.807) is 12.4 Å². The fourth-order valence-electron chi connectivity index (χ4n) is 1.35. The molecule has 0 aliphatic heterocycles. The Morgan fingerprint density at radius 2 is 2.21 bits per heavy atom. The first kappa shape index (κ1) is 8.68. The lowest BCUT2D eigenvalue weighted by molar-refractivity contribution is -0.117. The first-order valence-corrected chi connectivity index (χ1v) is 4.32. The summed E-state index contributed by atoms with van der Waals surface area (Å²) >= 11 is 0. The summed E-state index contributed by atoms with van der Waals surface area (Å²) < 4.78 is 0. The molecule has 0 atom stereocenters. The Hall–Kier alpha value is -1.91. The molecule has 0 saturated carbocycles. The molecule has 0 saturated heterocycles. The minimum Gasteiger partial charge on any atom is -0.370 e. The molecule has 5 heteroatoms. The van der Waals surface area contributed by atoms with Gasteiger partial charge in [-0.05, 0) is 12.0 Å². The number of hydrogen-bond donors (Lipinski definition) is 2. The molecule has 0 aromatic carbocycles.